The van der Waals surface area contributed by atoms with Gasteiger partial charge in [0.15, 0.2) is 5.84 Å². The quantitative estimate of drug-likeness (QED) is 0.342. The average molecular weight is 287 g/mol. The summed E-state index contributed by atoms with van der Waals surface area (Å²) in [5.41, 5.74) is 9.30. The summed E-state index contributed by atoms with van der Waals surface area (Å²) in [6, 6.07) is 12.1. The number of hydrogen-bond donors (Lipinski definition) is 3. The minimum Gasteiger partial charge on any atom is -0.409 e. The van der Waals surface area contributed by atoms with Gasteiger partial charge in [0.1, 0.15) is 5.82 Å². The number of halogens is 1. The van der Waals surface area contributed by atoms with Crippen LogP contribution in [-0.2, 0) is 13.1 Å². The Morgan fingerprint density at radius 3 is 2.71 bits per heavy atom. The lowest BCUT2D eigenvalue weighted by Crippen LogP contribution is -2.16. The van der Waals surface area contributed by atoms with Crippen LogP contribution in [0, 0.1) is 12.7 Å². The molecule has 0 spiro atoms. The molecule has 0 aliphatic heterocycles. The molecule has 2 aromatic carbocycles. The Morgan fingerprint density at radius 1 is 1.24 bits per heavy atom. The van der Waals surface area contributed by atoms with Crippen molar-refractivity contribution in [3.05, 3.63) is 70.5 Å². The fourth-order valence-corrected chi connectivity index (χ4v) is 2.10. The summed E-state index contributed by atoms with van der Waals surface area (Å²) in [6.45, 7) is 3.23. The van der Waals surface area contributed by atoms with Gasteiger partial charge in [0.25, 0.3) is 0 Å². The van der Waals surface area contributed by atoms with Crippen LogP contribution >= 0.6 is 0 Å². The van der Waals surface area contributed by atoms with Crippen molar-refractivity contribution in [2.45, 2.75) is 20.0 Å². The van der Waals surface area contributed by atoms with Gasteiger partial charge in [-0.25, -0.2) is 4.39 Å². The first-order valence-corrected chi connectivity index (χ1v) is 6.62. The zero-order chi connectivity index (χ0) is 15.2. The van der Waals surface area contributed by atoms with Gasteiger partial charge in [0, 0.05) is 18.7 Å². The number of rotatable bonds is 5. The fourth-order valence-electron chi connectivity index (χ4n) is 2.10. The number of benzene rings is 2. The molecule has 0 radical (unpaired) electrons. The van der Waals surface area contributed by atoms with Gasteiger partial charge in [-0.1, -0.05) is 29.4 Å². The summed E-state index contributed by atoms with van der Waals surface area (Å²) in [5.74, 6) is -0.133. The Balaban J connectivity index is 1.97. The highest BCUT2D eigenvalue weighted by Crippen LogP contribution is 2.11. The predicted molar refractivity (Wildman–Crippen MR) is 80.6 cm³/mol. The topological polar surface area (TPSA) is 70.6 Å². The van der Waals surface area contributed by atoms with Crippen molar-refractivity contribution in [3.63, 3.8) is 0 Å². The van der Waals surface area contributed by atoms with Gasteiger partial charge >= 0.3 is 0 Å². The number of aryl methyl sites for hydroxylation is 1. The average Bonchev–Trinajstić information content (AvgIpc) is 2.48. The molecule has 4 N–H and O–H groups in total. The molecule has 0 saturated carbocycles. The van der Waals surface area contributed by atoms with Crippen molar-refractivity contribution < 1.29 is 9.60 Å². The molecule has 0 atom stereocenters. The van der Waals surface area contributed by atoms with Crippen molar-refractivity contribution >= 4 is 5.84 Å². The molecule has 0 unspecified atom stereocenters. The second kappa shape index (κ2) is 6.85. The van der Waals surface area contributed by atoms with E-state index in [0.717, 1.165) is 16.7 Å². The lowest BCUT2D eigenvalue weighted by Gasteiger charge is -2.09. The molecule has 0 aromatic heterocycles. The zero-order valence-electron chi connectivity index (χ0n) is 11.8. The summed E-state index contributed by atoms with van der Waals surface area (Å²) in [7, 11) is 0. The lowest BCUT2D eigenvalue weighted by molar-refractivity contribution is 0.318. The first-order chi connectivity index (χ1) is 10.1. The third kappa shape index (κ3) is 4.03. The molecule has 0 bridgehead atoms. The lowest BCUT2D eigenvalue weighted by atomic mass is 10.0. The van der Waals surface area contributed by atoms with Crippen LogP contribution in [0.1, 0.15) is 22.3 Å². The van der Waals surface area contributed by atoms with Crippen LogP contribution < -0.4 is 11.1 Å². The maximum absolute atomic E-state index is 13.1. The number of hydrogen-bond acceptors (Lipinski definition) is 3. The van der Waals surface area contributed by atoms with Gasteiger partial charge in [0.05, 0.1) is 0 Å². The van der Waals surface area contributed by atoms with E-state index in [4.69, 9.17) is 10.9 Å². The van der Waals surface area contributed by atoms with E-state index in [1.165, 1.54) is 12.1 Å². The van der Waals surface area contributed by atoms with Gasteiger partial charge in [-0.15, -0.1) is 0 Å². The largest absolute Gasteiger partial charge is 0.409 e. The molecule has 0 amide bonds. The van der Waals surface area contributed by atoms with Gasteiger partial charge in [-0.05, 0) is 41.8 Å². The smallest absolute Gasteiger partial charge is 0.170 e. The molecule has 110 valence electrons. The maximum atomic E-state index is 13.1. The first-order valence-electron chi connectivity index (χ1n) is 6.62. The van der Waals surface area contributed by atoms with E-state index in [1.807, 2.05) is 25.1 Å². The van der Waals surface area contributed by atoms with Crippen LogP contribution in [0.5, 0.6) is 0 Å². The summed E-state index contributed by atoms with van der Waals surface area (Å²) in [4.78, 5) is 0. The van der Waals surface area contributed by atoms with E-state index >= 15 is 0 Å². The van der Waals surface area contributed by atoms with Crippen LogP contribution in [-0.4, -0.2) is 11.0 Å². The predicted octanol–water partition coefficient (Wildman–Crippen LogP) is 2.52. The van der Waals surface area contributed by atoms with E-state index in [9.17, 15) is 4.39 Å². The monoisotopic (exact) mass is 287 g/mol. The standard InChI is InChI=1S/C16H18FN3O/c1-11-7-13(16(18)20-21)5-6-14(11)10-19-9-12-3-2-4-15(17)8-12/h2-8,19,21H,9-10H2,1H3,(H2,18,20). The Kier molecular flexibility index (Phi) is 4.90. The maximum Gasteiger partial charge on any atom is 0.170 e. The van der Waals surface area contributed by atoms with Crippen LogP contribution in [0.3, 0.4) is 0 Å². The SMILES string of the molecule is Cc1cc(/C(N)=N/O)ccc1CNCc1cccc(F)c1. The van der Waals surface area contributed by atoms with Crippen molar-refractivity contribution in [1.29, 1.82) is 0 Å². The van der Waals surface area contributed by atoms with Crippen LogP contribution in [0.15, 0.2) is 47.6 Å². The van der Waals surface area contributed by atoms with E-state index in [0.29, 0.717) is 18.7 Å². The Labute approximate surface area is 123 Å². The van der Waals surface area contributed by atoms with Crippen LogP contribution in [0.4, 0.5) is 4.39 Å². The third-order valence-electron chi connectivity index (χ3n) is 3.28. The summed E-state index contributed by atoms with van der Waals surface area (Å²) >= 11 is 0. The Morgan fingerprint density at radius 2 is 2.05 bits per heavy atom. The molecular formula is C16H18FN3O. The summed E-state index contributed by atoms with van der Waals surface area (Å²) in [5, 5.41) is 14.9. The van der Waals surface area contributed by atoms with Crippen molar-refractivity contribution in [2.24, 2.45) is 10.9 Å². The molecular weight excluding hydrogens is 269 g/mol. The second-order valence-corrected chi connectivity index (χ2v) is 4.86. The molecule has 0 saturated heterocycles. The van der Waals surface area contributed by atoms with E-state index < -0.39 is 0 Å². The minimum atomic E-state index is -0.228. The van der Waals surface area contributed by atoms with Crippen LogP contribution in [0.2, 0.25) is 0 Å². The molecule has 0 fully saturated rings. The molecule has 0 aliphatic carbocycles. The summed E-state index contributed by atoms with van der Waals surface area (Å²) < 4.78 is 13.1. The number of nitrogens with two attached hydrogens (primary N) is 1. The van der Waals surface area contributed by atoms with Gasteiger partial charge in [0.2, 0.25) is 0 Å². The van der Waals surface area contributed by atoms with E-state index in [1.54, 1.807) is 12.1 Å². The van der Waals surface area contributed by atoms with Crippen molar-refractivity contribution in [1.82, 2.24) is 5.32 Å². The molecule has 0 aliphatic rings. The molecule has 4 nitrogen and oxygen atoms in total. The highest BCUT2D eigenvalue weighted by atomic mass is 19.1. The summed E-state index contributed by atoms with van der Waals surface area (Å²) in [6.07, 6.45) is 0. The van der Waals surface area contributed by atoms with Gasteiger partial charge in [-0.3, -0.25) is 0 Å². The zero-order valence-corrected chi connectivity index (χ0v) is 11.8. The molecule has 2 aromatic rings. The highest BCUT2D eigenvalue weighted by Gasteiger charge is 2.04. The number of amidine groups is 1. The Hall–Kier alpha value is -2.40. The third-order valence-corrected chi connectivity index (χ3v) is 3.28. The first kappa shape index (κ1) is 15.0. The van der Waals surface area contributed by atoms with Crippen LogP contribution in [0.25, 0.3) is 0 Å². The van der Waals surface area contributed by atoms with Crippen molar-refractivity contribution in [2.75, 3.05) is 0 Å². The minimum absolute atomic E-state index is 0.0948. The number of oxime groups is 1. The molecule has 2 rings (SSSR count). The molecule has 0 heterocycles. The molecule has 5 heteroatoms. The second-order valence-electron chi connectivity index (χ2n) is 4.86. The molecule has 21 heavy (non-hydrogen) atoms. The normalized spacial score (nSPS) is 11.6. The Bertz CT molecular complexity index is 656. The van der Waals surface area contributed by atoms with Crippen molar-refractivity contribution in [3.8, 4) is 0 Å². The highest BCUT2D eigenvalue weighted by molar-refractivity contribution is 5.97. The van der Waals surface area contributed by atoms with E-state index in [2.05, 4.69) is 10.5 Å². The number of nitrogens with one attached hydrogen (secondary N) is 1. The van der Waals surface area contributed by atoms with Gasteiger partial charge in [-0.2, -0.15) is 0 Å². The van der Waals surface area contributed by atoms with Gasteiger partial charge < -0.3 is 16.3 Å². The fraction of sp³-hybridized carbons (Fsp3) is 0.188. The number of nitrogens with zero attached hydrogens (tertiary/aromatic N) is 1. The van der Waals surface area contributed by atoms with E-state index in [-0.39, 0.29) is 11.7 Å².